The van der Waals surface area contributed by atoms with Crippen molar-refractivity contribution in [3.05, 3.63) is 97.2 Å². The van der Waals surface area contributed by atoms with E-state index < -0.39 is 59.8 Å². The zero-order chi connectivity index (χ0) is 43.9. The van der Waals surface area contributed by atoms with Crippen molar-refractivity contribution in [2.24, 2.45) is 0 Å². The molecule has 1 aliphatic heterocycles. The number of aliphatic hydroxyl groups excluding tert-OH is 3. The molecule has 1 aliphatic rings. The monoisotopic (exact) mass is 865 g/mol. The summed E-state index contributed by atoms with van der Waals surface area (Å²) in [4.78, 5) is 12.8. The molecule has 0 aliphatic carbocycles. The quantitative estimate of drug-likeness (QED) is 0.0204. The van der Waals surface area contributed by atoms with Crippen molar-refractivity contribution in [3.63, 3.8) is 0 Å². The molecule has 0 aromatic heterocycles. The van der Waals surface area contributed by atoms with Crippen molar-refractivity contribution in [3.8, 4) is 0 Å². The Hall–Kier alpha value is -2.98. The van der Waals surface area contributed by atoms with Gasteiger partial charge in [-0.1, -0.05) is 130 Å². The molecule has 0 saturated carbocycles. The van der Waals surface area contributed by atoms with Gasteiger partial charge in [0.1, 0.15) is 30.5 Å². The van der Waals surface area contributed by atoms with Crippen LogP contribution >= 0.6 is 0 Å². The van der Waals surface area contributed by atoms with E-state index in [1.54, 1.807) is 0 Å². The molecule has 0 bridgehead atoms. The first-order valence-corrected chi connectivity index (χ1v) is 23.4. The van der Waals surface area contributed by atoms with Crippen LogP contribution < -0.4 is 0 Å². The third-order valence-electron chi connectivity index (χ3n) is 9.20. The van der Waals surface area contributed by atoms with Crippen molar-refractivity contribution in [1.29, 1.82) is 0 Å². The fourth-order valence-corrected chi connectivity index (χ4v) is 6.45. The predicted octanol–water partition coefficient (Wildman–Crippen LogP) is 9.07. The Morgan fingerprint density at radius 1 is 0.633 bits per heavy atom. The van der Waals surface area contributed by atoms with Crippen LogP contribution in [-0.2, 0) is 38.3 Å². The minimum Gasteiger partial charge on any atom is -0.457 e. The Morgan fingerprint density at radius 2 is 1.10 bits per heavy atom. The van der Waals surface area contributed by atoms with E-state index in [9.17, 15) is 28.5 Å². The minimum absolute atomic E-state index is 0.000655. The summed E-state index contributed by atoms with van der Waals surface area (Å²) in [5, 5.41) is 30.6. The van der Waals surface area contributed by atoms with E-state index in [0.717, 1.165) is 103 Å². The summed E-state index contributed by atoms with van der Waals surface area (Å²) in [5.74, 6) is -0.452. The van der Waals surface area contributed by atoms with Gasteiger partial charge in [0, 0.05) is 13.0 Å². The van der Waals surface area contributed by atoms with Crippen molar-refractivity contribution in [2.75, 3.05) is 26.4 Å². The largest absolute Gasteiger partial charge is 0.457 e. The van der Waals surface area contributed by atoms with Crippen molar-refractivity contribution < 1.29 is 56.2 Å². The van der Waals surface area contributed by atoms with Crippen LogP contribution in [-0.4, -0.2) is 97.5 Å². The lowest BCUT2D eigenvalue weighted by atomic mass is 9.99. The van der Waals surface area contributed by atoms with Gasteiger partial charge in [-0.2, -0.15) is 8.42 Å². The summed E-state index contributed by atoms with van der Waals surface area (Å²) < 4.78 is 58.9. The van der Waals surface area contributed by atoms with E-state index in [0.29, 0.717) is 13.0 Å². The topological polar surface area (TPSA) is 178 Å². The van der Waals surface area contributed by atoms with Crippen LogP contribution in [0.25, 0.3) is 0 Å². The molecular weight excluding hydrogens is 789 g/mol. The second-order valence-electron chi connectivity index (χ2n) is 14.5. The number of aliphatic hydroxyl groups is 3. The minimum atomic E-state index is -5.08. The summed E-state index contributed by atoms with van der Waals surface area (Å²) in [6.07, 6.45) is 41.6. The average Bonchev–Trinajstić information content (AvgIpc) is 3.22. The normalized spacial score (nSPS) is 21.2. The maximum Gasteiger partial charge on any atom is 0.397 e. The Balaban J connectivity index is 2.50. The Kier molecular flexibility index (Phi) is 34.6. The van der Waals surface area contributed by atoms with Gasteiger partial charge in [-0.15, -0.1) is 0 Å². The third-order valence-corrected chi connectivity index (χ3v) is 9.67. The van der Waals surface area contributed by atoms with Crippen LogP contribution in [0.4, 0.5) is 0 Å². The number of hydrogen-bond donors (Lipinski definition) is 4. The molecule has 4 N–H and O–H groups in total. The van der Waals surface area contributed by atoms with Gasteiger partial charge in [-0.3, -0.25) is 9.35 Å². The highest BCUT2D eigenvalue weighted by Gasteiger charge is 2.48. The zero-order valence-electron chi connectivity index (χ0n) is 36.2. The van der Waals surface area contributed by atoms with Crippen molar-refractivity contribution >= 4 is 16.4 Å². The number of hydrogen-bond acceptors (Lipinski definition) is 11. The van der Waals surface area contributed by atoms with E-state index in [2.05, 4.69) is 115 Å². The van der Waals surface area contributed by atoms with Gasteiger partial charge in [0.25, 0.3) is 0 Å². The van der Waals surface area contributed by atoms with Gasteiger partial charge in [-0.05, 0) is 89.9 Å². The maximum absolute atomic E-state index is 12.8. The van der Waals surface area contributed by atoms with Crippen LogP contribution in [0.5, 0.6) is 0 Å². The standard InChI is InChI=1S/C47H76O12S/c1-3-5-7-9-11-13-15-17-19-20-21-23-25-27-29-31-33-35-37-55-39-41(40-56-47-45(51)46(59-60(52,53)54)44(50)42(38-48)58-47)57-43(49)36-34-32-30-28-26-24-22-18-16-14-12-10-8-6-4-2/h5-8,11-14,17-19,21-23,26,28,41-42,44-48,50-51H,3-4,9-10,15-16,20,24-25,27,29-40H2,1-2H3,(H,52,53,54)/b7-5-,8-6-,13-11-,14-12-,19-17-,22-18-,23-21-,28-26-. The Bertz CT molecular complexity index is 1410. The van der Waals surface area contributed by atoms with Gasteiger partial charge >= 0.3 is 16.4 Å². The molecule has 0 aromatic carbocycles. The molecule has 0 aromatic rings. The second-order valence-corrected chi connectivity index (χ2v) is 15.6. The molecule has 342 valence electrons. The number of esters is 1. The van der Waals surface area contributed by atoms with Crippen molar-refractivity contribution in [1.82, 2.24) is 0 Å². The van der Waals surface area contributed by atoms with Crippen LogP contribution in [0.1, 0.15) is 129 Å². The molecule has 0 spiro atoms. The summed E-state index contributed by atoms with van der Waals surface area (Å²) in [6.45, 7) is 3.63. The summed E-state index contributed by atoms with van der Waals surface area (Å²) in [6, 6.07) is 0. The molecule has 6 atom stereocenters. The van der Waals surface area contributed by atoms with E-state index >= 15 is 0 Å². The maximum atomic E-state index is 12.8. The molecule has 0 amide bonds. The molecule has 12 nitrogen and oxygen atoms in total. The molecule has 13 heteroatoms. The fourth-order valence-electron chi connectivity index (χ4n) is 5.95. The SMILES string of the molecule is CC/C=C\C/C=C\C/C=C\C/C=C\CCCCCCCOCC(COC1OC(CO)C(O)C(OS(=O)(=O)O)C1O)OC(=O)CCCC/C=C\C/C=C\C/C=C\C/C=C\CC. The van der Waals surface area contributed by atoms with Gasteiger partial charge in [0.05, 0.1) is 19.8 Å². The Labute approximate surface area is 361 Å². The summed E-state index contributed by atoms with van der Waals surface area (Å²) in [5.41, 5.74) is 0. The highest BCUT2D eigenvalue weighted by Crippen LogP contribution is 2.26. The van der Waals surface area contributed by atoms with Gasteiger partial charge in [-0.25, -0.2) is 4.18 Å². The first kappa shape index (κ1) is 55.0. The Morgan fingerprint density at radius 3 is 1.60 bits per heavy atom. The predicted molar refractivity (Wildman–Crippen MR) is 238 cm³/mol. The molecule has 0 radical (unpaired) electrons. The number of carbonyl (C=O) groups is 1. The van der Waals surface area contributed by atoms with Crippen LogP contribution in [0.15, 0.2) is 97.2 Å². The molecular formula is C47H76O12S. The first-order valence-electron chi connectivity index (χ1n) is 22.0. The van der Waals surface area contributed by atoms with Gasteiger partial charge in [0.2, 0.25) is 0 Å². The van der Waals surface area contributed by atoms with Crippen LogP contribution in [0.3, 0.4) is 0 Å². The van der Waals surface area contributed by atoms with E-state index in [1.807, 2.05) is 0 Å². The smallest absolute Gasteiger partial charge is 0.397 e. The van der Waals surface area contributed by atoms with Crippen LogP contribution in [0, 0.1) is 0 Å². The van der Waals surface area contributed by atoms with Crippen molar-refractivity contribution in [2.45, 2.75) is 166 Å². The zero-order valence-corrected chi connectivity index (χ0v) is 37.0. The number of rotatable bonds is 36. The average molecular weight is 865 g/mol. The van der Waals surface area contributed by atoms with Gasteiger partial charge < -0.3 is 34.3 Å². The molecule has 6 unspecified atom stereocenters. The van der Waals surface area contributed by atoms with E-state index in [-0.39, 0.29) is 19.6 Å². The van der Waals surface area contributed by atoms with E-state index in [4.69, 9.17) is 23.5 Å². The molecule has 60 heavy (non-hydrogen) atoms. The lowest BCUT2D eigenvalue weighted by Crippen LogP contribution is -2.60. The molecule has 1 rings (SSSR count). The number of ether oxygens (including phenoxy) is 4. The van der Waals surface area contributed by atoms with Gasteiger partial charge in [0.15, 0.2) is 6.29 Å². The lowest BCUT2D eigenvalue weighted by Gasteiger charge is -2.41. The highest BCUT2D eigenvalue weighted by atomic mass is 32.3. The number of carbonyl (C=O) groups excluding carboxylic acids is 1. The fraction of sp³-hybridized carbons (Fsp3) is 0.638. The highest BCUT2D eigenvalue weighted by molar-refractivity contribution is 7.80. The number of unbranched alkanes of at least 4 members (excludes halogenated alkanes) is 7. The summed E-state index contributed by atoms with van der Waals surface area (Å²) in [7, 11) is -5.08. The third kappa shape index (κ3) is 31.0. The lowest BCUT2D eigenvalue weighted by molar-refractivity contribution is -0.301. The summed E-state index contributed by atoms with van der Waals surface area (Å²) >= 11 is 0. The van der Waals surface area contributed by atoms with Crippen LogP contribution in [0.2, 0.25) is 0 Å². The molecule has 1 fully saturated rings. The molecule has 1 heterocycles. The second kappa shape index (κ2) is 37.8. The molecule has 1 saturated heterocycles. The number of allylic oxidation sites excluding steroid dienone is 16. The first-order chi connectivity index (χ1) is 29.1. The van der Waals surface area contributed by atoms with E-state index in [1.165, 1.54) is 0 Å².